The molecule has 114 valence electrons. The highest BCUT2D eigenvalue weighted by Gasteiger charge is 2.19. The molecule has 0 atom stereocenters. The van der Waals surface area contributed by atoms with Gasteiger partial charge in [0.2, 0.25) is 0 Å². The molecule has 8 heteroatoms. The molecule has 0 unspecified atom stereocenters. The Bertz CT molecular complexity index is 745. The Kier molecular flexibility index (Phi) is 4.21. The Morgan fingerprint density at radius 2 is 1.50 bits per heavy atom. The molecule has 0 saturated carbocycles. The topological polar surface area (TPSA) is 108 Å². The third-order valence-corrected chi connectivity index (χ3v) is 3.02. The molecule has 0 spiro atoms. The maximum atomic E-state index is 11.1. The number of ether oxygens (including phenoxy) is 1. The van der Waals surface area contributed by atoms with Gasteiger partial charge in [0.15, 0.2) is 0 Å². The lowest BCUT2D eigenvalue weighted by atomic mass is 10.1. The van der Waals surface area contributed by atoms with Crippen molar-refractivity contribution in [3.63, 3.8) is 0 Å². The van der Waals surface area contributed by atoms with Crippen molar-refractivity contribution >= 4 is 22.7 Å². The van der Waals surface area contributed by atoms with Gasteiger partial charge >= 0.3 is 0 Å². The van der Waals surface area contributed by atoms with Gasteiger partial charge in [0, 0.05) is 6.07 Å². The Balaban J connectivity index is 2.47. The summed E-state index contributed by atoms with van der Waals surface area (Å²) < 4.78 is 4.95. The van der Waals surface area contributed by atoms with Gasteiger partial charge in [-0.3, -0.25) is 20.2 Å². The number of hydrogen-bond donors (Lipinski definition) is 1. The summed E-state index contributed by atoms with van der Waals surface area (Å²) in [5, 5.41) is 25.0. The largest absolute Gasteiger partial charge is 0.496 e. The standard InChI is InChI=1S/C14H13N3O5/c1-9-3-5-11(13(7-9)16(18)19)15-12-6-4-10(22-2)8-14(12)17(20)21/h3-8,15H,1-2H3. The zero-order valence-electron chi connectivity index (χ0n) is 11.9. The third-order valence-electron chi connectivity index (χ3n) is 3.02. The van der Waals surface area contributed by atoms with Gasteiger partial charge < -0.3 is 10.1 Å². The van der Waals surface area contributed by atoms with Crippen LogP contribution in [0.3, 0.4) is 0 Å². The Morgan fingerprint density at radius 3 is 2.05 bits per heavy atom. The number of rotatable bonds is 5. The van der Waals surface area contributed by atoms with Crippen LogP contribution in [-0.2, 0) is 0 Å². The average Bonchev–Trinajstić information content (AvgIpc) is 2.49. The number of benzene rings is 2. The molecule has 2 aromatic carbocycles. The zero-order chi connectivity index (χ0) is 16.3. The smallest absolute Gasteiger partial charge is 0.296 e. The maximum absolute atomic E-state index is 11.1. The SMILES string of the molecule is COc1ccc(Nc2ccc(C)cc2[N+](=O)[O-])c([N+](=O)[O-])c1. The summed E-state index contributed by atoms with van der Waals surface area (Å²) in [6.07, 6.45) is 0. The summed E-state index contributed by atoms with van der Waals surface area (Å²) in [7, 11) is 1.40. The molecule has 8 nitrogen and oxygen atoms in total. The molecule has 0 aliphatic heterocycles. The van der Waals surface area contributed by atoms with Crippen LogP contribution in [0.1, 0.15) is 5.56 Å². The first-order valence-electron chi connectivity index (χ1n) is 6.27. The van der Waals surface area contributed by atoms with Crippen molar-refractivity contribution in [3.05, 3.63) is 62.2 Å². The number of aryl methyl sites for hydroxylation is 1. The molecule has 1 N–H and O–H groups in total. The minimum absolute atomic E-state index is 0.148. The van der Waals surface area contributed by atoms with Gasteiger partial charge in [0.25, 0.3) is 11.4 Å². The monoisotopic (exact) mass is 303 g/mol. The highest BCUT2D eigenvalue weighted by atomic mass is 16.6. The molecule has 22 heavy (non-hydrogen) atoms. The zero-order valence-corrected chi connectivity index (χ0v) is 11.9. The fraction of sp³-hybridized carbons (Fsp3) is 0.143. The Labute approximate surface area is 125 Å². The predicted octanol–water partition coefficient (Wildman–Crippen LogP) is 3.56. The van der Waals surface area contributed by atoms with Crippen LogP contribution in [0, 0.1) is 27.2 Å². The van der Waals surface area contributed by atoms with Gasteiger partial charge in [0.05, 0.1) is 23.0 Å². The molecular formula is C14H13N3O5. The summed E-state index contributed by atoms with van der Waals surface area (Å²) in [5.74, 6) is 0.329. The van der Waals surface area contributed by atoms with E-state index in [2.05, 4.69) is 5.32 Å². The number of nitro benzene ring substituents is 2. The minimum Gasteiger partial charge on any atom is -0.496 e. The van der Waals surface area contributed by atoms with Crippen LogP contribution in [0.5, 0.6) is 5.75 Å². The first-order valence-corrected chi connectivity index (χ1v) is 6.27. The van der Waals surface area contributed by atoms with E-state index in [1.165, 1.54) is 37.4 Å². The first kappa shape index (κ1) is 15.2. The van der Waals surface area contributed by atoms with Gasteiger partial charge in [-0.15, -0.1) is 0 Å². The summed E-state index contributed by atoms with van der Waals surface area (Å²) in [6.45, 7) is 1.73. The molecule has 0 heterocycles. The van der Waals surface area contributed by atoms with Crippen LogP contribution >= 0.6 is 0 Å². The number of anilines is 2. The molecule has 0 aliphatic carbocycles. The van der Waals surface area contributed by atoms with Crippen molar-refractivity contribution in [2.45, 2.75) is 6.92 Å². The Hall–Kier alpha value is -3.16. The van der Waals surface area contributed by atoms with E-state index in [1.54, 1.807) is 13.0 Å². The number of nitrogens with zero attached hydrogens (tertiary/aromatic N) is 2. The lowest BCUT2D eigenvalue weighted by molar-refractivity contribution is -0.384. The van der Waals surface area contributed by atoms with Gasteiger partial charge in [-0.1, -0.05) is 6.07 Å². The molecule has 2 rings (SSSR count). The van der Waals surface area contributed by atoms with Gasteiger partial charge in [0.1, 0.15) is 17.1 Å². The predicted molar refractivity (Wildman–Crippen MR) is 80.8 cm³/mol. The summed E-state index contributed by atoms with van der Waals surface area (Å²) in [5.41, 5.74) is 0.683. The van der Waals surface area contributed by atoms with E-state index < -0.39 is 9.85 Å². The molecule has 0 aromatic heterocycles. The van der Waals surface area contributed by atoms with E-state index >= 15 is 0 Å². The van der Waals surface area contributed by atoms with Crippen molar-refractivity contribution in [2.24, 2.45) is 0 Å². The number of hydrogen-bond acceptors (Lipinski definition) is 6. The number of methoxy groups -OCH3 is 1. The number of nitrogens with one attached hydrogen (secondary N) is 1. The van der Waals surface area contributed by atoms with Crippen molar-refractivity contribution < 1.29 is 14.6 Å². The highest BCUT2D eigenvalue weighted by molar-refractivity contribution is 5.76. The van der Waals surface area contributed by atoms with Crippen molar-refractivity contribution in [1.82, 2.24) is 0 Å². The molecule has 0 saturated heterocycles. The van der Waals surface area contributed by atoms with Crippen LogP contribution in [0.15, 0.2) is 36.4 Å². The van der Waals surface area contributed by atoms with Crippen molar-refractivity contribution in [1.29, 1.82) is 0 Å². The second kappa shape index (κ2) is 6.08. The second-order valence-electron chi connectivity index (χ2n) is 4.54. The quantitative estimate of drug-likeness (QED) is 0.668. The van der Waals surface area contributed by atoms with E-state index in [4.69, 9.17) is 4.74 Å². The van der Waals surface area contributed by atoms with Crippen LogP contribution in [0.25, 0.3) is 0 Å². The van der Waals surface area contributed by atoms with Gasteiger partial charge in [-0.2, -0.15) is 0 Å². The molecule has 0 fully saturated rings. The highest BCUT2D eigenvalue weighted by Crippen LogP contribution is 2.34. The first-order chi connectivity index (χ1) is 10.4. The Morgan fingerprint density at radius 1 is 0.955 bits per heavy atom. The summed E-state index contributed by atoms with van der Waals surface area (Å²) >= 11 is 0. The van der Waals surface area contributed by atoms with E-state index in [0.29, 0.717) is 5.75 Å². The van der Waals surface area contributed by atoms with Crippen LogP contribution in [0.2, 0.25) is 0 Å². The molecular weight excluding hydrogens is 290 g/mol. The van der Waals surface area contributed by atoms with E-state index in [9.17, 15) is 20.2 Å². The van der Waals surface area contributed by atoms with Gasteiger partial charge in [-0.25, -0.2) is 0 Å². The fourth-order valence-electron chi connectivity index (χ4n) is 1.94. The second-order valence-corrected chi connectivity index (χ2v) is 4.54. The maximum Gasteiger partial charge on any atom is 0.296 e. The minimum atomic E-state index is -0.578. The van der Waals surface area contributed by atoms with E-state index in [0.717, 1.165) is 5.56 Å². The molecule has 0 radical (unpaired) electrons. The molecule has 0 bridgehead atoms. The van der Waals surface area contributed by atoms with Crippen molar-refractivity contribution in [3.8, 4) is 5.75 Å². The molecule has 0 aliphatic rings. The lowest BCUT2D eigenvalue weighted by Gasteiger charge is -2.09. The molecule has 2 aromatic rings. The van der Waals surface area contributed by atoms with Crippen molar-refractivity contribution in [2.75, 3.05) is 12.4 Å². The normalized spacial score (nSPS) is 10.1. The summed E-state index contributed by atoms with van der Waals surface area (Å²) in [4.78, 5) is 21.1. The lowest BCUT2D eigenvalue weighted by Crippen LogP contribution is -2.01. The van der Waals surface area contributed by atoms with Gasteiger partial charge in [-0.05, 0) is 30.7 Å². The van der Waals surface area contributed by atoms with E-state index in [1.807, 2.05) is 0 Å². The van der Waals surface area contributed by atoms with Crippen LogP contribution in [-0.4, -0.2) is 17.0 Å². The van der Waals surface area contributed by atoms with Crippen LogP contribution in [0.4, 0.5) is 22.7 Å². The molecule has 0 amide bonds. The number of nitro groups is 2. The average molecular weight is 303 g/mol. The fourth-order valence-corrected chi connectivity index (χ4v) is 1.94. The van der Waals surface area contributed by atoms with Crippen LogP contribution < -0.4 is 10.1 Å². The summed E-state index contributed by atoms with van der Waals surface area (Å²) in [6, 6.07) is 8.84. The van der Waals surface area contributed by atoms with E-state index in [-0.39, 0.29) is 22.7 Å². The third kappa shape index (κ3) is 3.11.